The number of alkyl carbamates (subject to hydrolysis) is 1. The third-order valence-electron chi connectivity index (χ3n) is 4.92. The number of carbonyl (C=O) groups is 3. The molecule has 0 bridgehead atoms. The monoisotopic (exact) mass is 426 g/mol. The highest BCUT2D eigenvalue weighted by Crippen LogP contribution is 2.14. The van der Waals surface area contributed by atoms with Gasteiger partial charge < -0.3 is 19.7 Å². The maximum absolute atomic E-state index is 13.3. The summed E-state index contributed by atoms with van der Waals surface area (Å²) in [6, 6.07) is 16.9. The van der Waals surface area contributed by atoms with Gasteiger partial charge in [-0.3, -0.25) is 4.79 Å². The zero-order chi connectivity index (χ0) is 22.8. The second-order valence-corrected chi connectivity index (χ2v) is 7.61. The summed E-state index contributed by atoms with van der Waals surface area (Å²) in [7, 11) is 2.83. The molecule has 0 aliphatic carbocycles. The number of esters is 1. The molecular weight excluding hydrogens is 396 g/mol. The average Bonchev–Trinajstić information content (AvgIpc) is 2.77. The third kappa shape index (κ3) is 7.13. The molecular formula is C24H30N2O5. The Kier molecular flexibility index (Phi) is 9.06. The Morgan fingerprint density at radius 2 is 1.48 bits per heavy atom. The molecule has 7 heteroatoms. The van der Waals surface area contributed by atoms with Gasteiger partial charge in [0.15, 0.2) is 0 Å². The standard InChI is InChI=1S/C24H30N2O5/c1-17(2)21(23(28)30-4)26(3)22(27)20(15-18-11-7-5-8-12-18)25-24(29)31-16-19-13-9-6-10-14-19/h5-14,17,20-21H,15-16H2,1-4H3,(H,25,29)/t20-,21+/m1/s1. The lowest BCUT2D eigenvalue weighted by molar-refractivity contribution is -0.154. The third-order valence-corrected chi connectivity index (χ3v) is 4.92. The molecule has 0 aliphatic rings. The summed E-state index contributed by atoms with van der Waals surface area (Å²) >= 11 is 0. The molecule has 0 aromatic heterocycles. The summed E-state index contributed by atoms with van der Waals surface area (Å²) < 4.78 is 10.2. The van der Waals surface area contributed by atoms with Gasteiger partial charge in [-0.05, 0) is 17.0 Å². The van der Waals surface area contributed by atoms with Gasteiger partial charge in [-0.15, -0.1) is 0 Å². The first kappa shape index (κ1) is 23.9. The van der Waals surface area contributed by atoms with E-state index in [0.717, 1.165) is 11.1 Å². The summed E-state index contributed by atoms with van der Waals surface area (Å²) in [4.78, 5) is 39.3. The van der Waals surface area contributed by atoms with Crippen molar-refractivity contribution in [2.24, 2.45) is 5.92 Å². The van der Waals surface area contributed by atoms with Crippen LogP contribution in [-0.4, -0.2) is 49.1 Å². The molecule has 0 saturated carbocycles. The minimum absolute atomic E-state index is 0.0888. The van der Waals surface area contributed by atoms with Crippen LogP contribution in [0.4, 0.5) is 4.79 Å². The quantitative estimate of drug-likeness (QED) is 0.623. The fourth-order valence-electron chi connectivity index (χ4n) is 3.34. The molecule has 0 aliphatic heterocycles. The van der Waals surface area contributed by atoms with Crippen molar-refractivity contribution in [2.75, 3.05) is 14.2 Å². The van der Waals surface area contributed by atoms with Crippen LogP contribution in [0.25, 0.3) is 0 Å². The van der Waals surface area contributed by atoms with E-state index in [1.165, 1.54) is 12.0 Å². The van der Waals surface area contributed by atoms with Gasteiger partial charge in [0, 0.05) is 13.5 Å². The van der Waals surface area contributed by atoms with Gasteiger partial charge in [0.25, 0.3) is 0 Å². The van der Waals surface area contributed by atoms with Crippen LogP contribution in [0.5, 0.6) is 0 Å². The first-order valence-corrected chi connectivity index (χ1v) is 10.2. The Labute approximate surface area is 183 Å². The van der Waals surface area contributed by atoms with Gasteiger partial charge >= 0.3 is 12.1 Å². The Balaban J connectivity index is 2.15. The number of methoxy groups -OCH3 is 1. The van der Waals surface area contributed by atoms with Crippen molar-refractivity contribution in [1.29, 1.82) is 0 Å². The van der Waals surface area contributed by atoms with E-state index in [0.29, 0.717) is 0 Å². The molecule has 0 unspecified atom stereocenters. The molecule has 2 aromatic carbocycles. The lowest BCUT2D eigenvalue weighted by atomic mass is 10.00. The number of rotatable bonds is 9. The first-order chi connectivity index (χ1) is 14.8. The number of carbonyl (C=O) groups excluding carboxylic acids is 3. The van der Waals surface area contributed by atoms with Crippen molar-refractivity contribution in [3.63, 3.8) is 0 Å². The molecule has 0 heterocycles. The van der Waals surface area contributed by atoms with E-state index in [1.54, 1.807) is 7.05 Å². The van der Waals surface area contributed by atoms with Crippen molar-refractivity contribution in [3.8, 4) is 0 Å². The summed E-state index contributed by atoms with van der Waals surface area (Å²) in [6.45, 7) is 3.75. The van der Waals surface area contributed by atoms with E-state index in [-0.39, 0.29) is 18.9 Å². The molecule has 0 spiro atoms. The lowest BCUT2D eigenvalue weighted by Crippen LogP contribution is -2.54. The van der Waals surface area contributed by atoms with E-state index in [9.17, 15) is 14.4 Å². The molecule has 2 amide bonds. The Morgan fingerprint density at radius 1 is 0.935 bits per heavy atom. The molecule has 0 radical (unpaired) electrons. The van der Waals surface area contributed by atoms with Crippen molar-refractivity contribution in [3.05, 3.63) is 71.8 Å². The van der Waals surface area contributed by atoms with Crippen molar-refractivity contribution in [2.45, 2.75) is 39.0 Å². The van der Waals surface area contributed by atoms with E-state index in [1.807, 2.05) is 74.5 Å². The summed E-state index contributed by atoms with van der Waals surface area (Å²) in [5.41, 5.74) is 1.71. The van der Waals surface area contributed by atoms with Crippen LogP contribution < -0.4 is 5.32 Å². The number of hydrogen-bond donors (Lipinski definition) is 1. The van der Waals surface area contributed by atoms with Crippen LogP contribution in [0.3, 0.4) is 0 Å². The van der Waals surface area contributed by atoms with Crippen molar-refractivity contribution < 1.29 is 23.9 Å². The van der Waals surface area contributed by atoms with Gasteiger partial charge in [0.2, 0.25) is 5.91 Å². The Bertz CT molecular complexity index is 855. The van der Waals surface area contributed by atoms with Gasteiger partial charge in [-0.2, -0.15) is 0 Å². The number of amides is 2. The van der Waals surface area contributed by atoms with Crippen LogP contribution >= 0.6 is 0 Å². The topological polar surface area (TPSA) is 84.9 Å². The highest BCUT2D eigenvalue weighted by molar-refractivity contribution is 5.89. The summed E-state index contributed by atoms with van der Waals surface area (Å²) in [5, 5.41) is 2.66. The molecule has 7 nitrogen and oxygen atoms in total. The number of hydrogen-bond acceptors (Lipinski definition) is 5. The van der Waals surface area contributed by atoms with Crippen molar-refractivity contribution >= 4 is 18.0 Å². The average molecular weight is 427 g/mol. The SMILES string of the molecule is COC(=O)[C@H](C(C)C)N(C)C(=O)[C@@H](Cc1ccccc1)NC(=O)OCc1ccccc1. The second-order valence-electron chi connectivity index (χ2n) is 7.61. The molecule has 0 saturated heterocycles. The maximum Gasteiger partial charge on any atom is 0.408 e. The van der Waals surface area contributed by atoms with Crippen LogP contribution in [0.15, 0.2) is 60.7 Å². The van der Waals surface area contributed by atoms with Crippen LogP contribution in [0.2, 0.25) is 0 Å². The predicted octanol–water partition coefficient (Wildman–Crippen LogP) is 3.18. The molecule has 0 fully saturated rings. The Morgan fingerprint density at radius 3 is 2.00 bits per heavy atom. The number of nitrogens with one attached hydrogen (secondary N) is 1. The van der Waals surface area contributed by atoms with Gasteiger partial charge in [-0.25, -0.2) is 9.59 Å². The van der Waals surface area contributed by atoms with E-state index >= 15 is 0 Å². The normalized spacial score (nSPS) is 12.5. The number of nitrogens with zero attached hydrogens (tertiary/aromatic N) is 1. The zero-order valence-corrected chi connectivity index (χ0v) is 18.4. The maximum atomic E-state index is 13.3. The smallest absolute Gasteiger partial charge is 0.408 e. The van der Waals surface area contributed by atoms with E-state index in [2.05, 4.69) is 5.32 Å². The van der Waals surface area contributed by atoms with Gasteiger partial charge in [0.05, 0.1) is 7.11 Å². The number of benzene rings is 2. The Hall–Kier alpha value is -3.35. The molecule has 2 rings (SSSR count). The largest absolute Gasteiger partial charge is 0.467 e. The highest BCUT2D eigenvalue weighted by Gasteiger charge is 2.34. The first-order valence-electron chi connectivity index (χ1n) is 10.2. The molecule has 166 valence electrons. The highest BCUT2D eigenvalue weighted by atomic mass is 16.5. The fraction of sp³-hybridized carbons (Fsp3) is 0.375. The second kappa shape index (κ2) is 11.7. The predicted molar refractivity (Wildman–Crippen MR) is 117 cm³/mol. The van der Waals surface area contributed by atoms with E-state index in [4.69, 9.17) is 9.47 Å². The molecule has 2 atom stereocenters. The molecule has 2 aromatic rings. The minimum atomic E-state index is -0.901. The zero-order valence-electron chi connectivity index (χ0n) is 18.4. The number of likely N-dealkylation sites (N-methyl/N-ethyl adjacent to an activating group) is 1. The summed E-state index contributed by atoms with van der Waals surface area (Å²) in [5.74, 6) is -1.07. The fourth-order valence-corrected chi connectivity index (χ4v) is 3.34. The van der Waals surface area contributed by atoms with Crippen molar-refractivity contribution in [1.82, 2.24) is 10.2 Å². The van der Waals surface area contributed by atoms with Crippen LogP contribution in [0.1, 0.15) is 25.0 Å². The minimum Gasteiger partial charge on any atom is -0.467 e. The molecule has 1 N–H and O–H groups in total. The lowest BCUT2D eigenvalue weighted by Gasteiger charge is -2.32. The van der Waals surface area contributed by atoms with Crippen LogP contribution in [0, 0.1) is 5.92 Å². The summed E-state index contributed by atoms with van der Waals surface area (Å²) in [6.07, 6.45) is -0.443. The van der Waals surface area contributed by atoms with E-state index < -0.39 is 30.1 Å². The molecule has 31 heavy (non-hydrogen) atoms. The number of ether oxygens (including phenoxy) is 2. The van der Waals surface area contributed by atoms with Gasteiger partial charge in [-0.1, -0.05) is 74.5 Å². The van der Waals surface area contributed by atoms with Crippen LogP contribution in [-0.2, 0) is 32.1 Å². The van der Waals surface area contributed by atoms with Gasteiger partial charge in [0.1, 0.15) is 18.7 Å².